The van der Waals surface area contributed by atoms with Crippen molar-refractivity contribution < 1.29 is 67.1 Å². The van der Waals surface area contributed by atoms with Crippen LogP contribution in [0.1, 0.15) is 49.8 Å². The van der Waals surface area contributed by atoms with Crippen LogP contribution < -0.4 is 5.32 Å². The van der Waals surface area contributed by atoms with Crippen LogP contribution >= 0.6 is 0 Å². The van der Waals surface area contributed by atoms with Gasteiger partial charge in [-0.15, -0.1) is 0 Å². The van der Waals surface area contributed by atoms with Gasteiger partial charge in [-0.1, -0.05) is 30.3 Å². The van der Waals surface area contributed by atoms with Gasteiger partial charge in [-0.2, -0.15) is 26.3 Å². The molecule has 19 heteroatoms. The van der Waals surface area contributed by atoms with Crippen molar-refractivity contribution in [2.24, 2.45) is 0 Å². The lowest BCUT2D eigenvalue weighted by molar-refractivity contribution is -0.392. The second-order valence-electron chi connectivity index (χ2n) is 13.4. The molecular weight excluding hydrogens is 773 g/mol. The molecule has 2 saturated heterocycles. The molecule has 3 aromatic carbocycles. The monoisotopic (exact) mass is 807 g/mol. The Labute approximate surface area is 309 Å². The summed E-state index contributed by atoms with van der Waals surface area (Å²) in [6, 6.07) is 7.60. The quantitative estimate of drug-likeness (QED) is 0.208. The molecule has 0 radical (unpaired) electrons. The van der Waals surface area contributed by atoms with Crippen molar-refractivity contribution in [3.05, 3.63) is 101 Å². The highest BCUT2D eigenvalue weighted by Gasteiger charge is 2.73. The molecule has 5 rings (SSSR count). The number of carbonyl (C=O) groups excluding carboxylic acids is 3. The first-order chi connectivity index (χ1) is 25.5. The Balaban J connectivity index is 1.61. The number of halogens is 9. The number of nitrogens with one attached hydrogen (secondary N) is 1. The molecule has 2 heterocycles. The predicted octanol–water partition coefficient (Wildman–Crippen LogP) is 6.06. The average Bonchev–Trinajstić information content (AvgIpc) is 3.56. The summed E-state index contributed by atoms with van der Waals surface area (Å²) >= 11 is 0. The van der Waals surface area contributed by atoms with E-state index in [0.717, 1.165) is 42.2 Å². The Morgan fingerprint density at radius 1 is 0.764 bits per heavy atom. The van der Waals surface area contributed by atoms with Crippen molar-refractivity contribution in [2.75, 3.05) is 26.2 Å². The third kappa shape index (κ3) is 7.39. The normalized spacial score (nSPS) is 19.3. The van der Waals surface area contributed by atoms with E-state index in [9.17, 15) is 62.3 Å². The fraction of sp³-hybridized carbons (Fsp3) is 0.417. The van der Waals surface area contributed by atoms with E-state index in [2.05, 4.69) is 10.1 Å². The third-order valence-corrected chi connectivity index (χ3v) is 12.6. The highest BCUT2D eigenvalue weighted by molar-refractivity contribution is 7.92. The number of carbonyl (C=O) groups is 3. The van der Waals surface area contributed by atoms with E-state index in [0.29, 0.717) is 36.4 Å². The van der Waals surface area contributed by atoms with Crippen LogP contribution in [0.3, 0.4) is 0 Å². The van der Waals surface area contributed by atoms with Crippen LogP contribution in [0.25, 0.3) is 0 Å². The zero-order valence-corrected chi connectivity index (χ0v) is 30.0. The Kier molecular flexibility index (Phi) is 11.2. The number of rotatable bonds is 9. The molecule has 3 aromatic rings. The lowest BCUT2D eigenvalue weighted by Crippen LogP contribution is -2.64. The SMILES string of the molecule is CC(=O)NC1(C(=O)N2CCC(c3ccc(C(OCc4c(F)cccc4F)(C(F)(F)F)C(F)(F)F)cc3)(S(=O)(=O)c3ccc(F)cc3)C2)CCN(C(C)=O)CC1. The first kappa shape index (κ1) is 41.5. The van der Waals surface area contributed by atoms with E-state index in [4.69, 9.17) is 0 Å². The maximum atomic E-state index is 14.6. The summed E-state index contributed by atoms with van der Waals surface area (Å²) < 4.78 is 161. The van der Waals surface area contributed by atoms with Gasteiger partial charge >= 0.3 is 12.4 Å². The molecule has 1 atom stereocenters. The van der Waals surface area contributed by atoms with Gasteiger partial charge in [-0.05, 0) is 61.2 Å². The van der Waals surface area contributed by atoms with Crippen molar-refractivity contribution in [3.8, 4) is 0 Å². The number of amides is 3. The Bertz CT molecular complexity index is 2020. The molecule has 298 valence electrons. The highest BCUT2D eigenvalue weighted by Crippen LogP contribution is 2.54. The Hall–Kier alpha value is -4.65. The fourth-order valence-electron chi connectivity index (χ4n) is 7.23. The van der Waals surface area contributed by atoms with E-state index in [-0.39, 0.29) is 43.9 Å². The maximum absolute atomic E-state index is 14.6. The number of alkyl halides is 6. The van der Waals surface area contributed by atoms with Gasteiger partial charge in [0.05, 0.1) is 11.5 Å². The number of hydrogen-bond acceptors (Lipinski definition) is 6. The van der Waals surface area contributed by atoms with E-state index in [1.54, 1.807) is 0 Å². The number of piperidine rings is 1. The topological polar surface area (TPSA) is 113 Å². The van der Waals surface area contributed by atoms with Gasteiger partial charge in [0, 0.05) is 51.2 Å². The van der Waals surface area contributed by atoms with Crippen LogP contribution in [-0.2, 0) is 45.9 Å². The Morgan fingerprint density at radius 3 is 1.78 bits per heavy atom. The first-order valence-corrected chi connectivity index (χ1v) is 18.1. The number of sulfone groups is 1. The fourth-order valence-corrected chi connectivity index (χ4v) is 9.31. The van der Waals surface area contributed by atoms with Crippen LogP contribution in [0, 0.1) is 17.5 Å². The average molecular weight is 808 g/mol. The van der Waals surface area contributed by atoms with Gasteiger partial charge in [0.1, 0.15) is 27.7 Å². The second-order valence-corrected chi connectivity index (χ2v) is 15.7. The van der Waals surface area contributed by atoms with Gasteiger partial charge < -0.3 is 19.9 Å². The minimum Gasteiger partial charge on any atom is -0.349 e. The molecular formula is C36H34F9N3O6S. The summed E-state index contributed by atoms with van der Waals surface area (Å²) in [5, 5.41) is 2.63. The van der Waals surface area contributed by atoms with Crippen LogP contribution in [-0.4, -0.2) is 80.0 Å². The minimum absolute atomic E-state index is 0.0539. The van der Waals surface area contributed by atoms with Crippen molar-refractivity contribution >= 4 is 27.6 Å². The van der Waals surface area contributed by atoms with Crippen LogP contribution in [0.4, 0.5) is 39.5 Å². The highest BCUT2D eigenvalue weighted by atomic mass is 32.2. The molecule has 0 spiro atoms. The molecule has 0 bridgehead atoms. The first-order valence-electron chi connectivity index (χ1n) is 16.7. The van der Waals surface area contributed by atoms with Crippen LogP contribution in [0.15, 0.2) is 71.6 Å². The van der Waals surface area contributed by atoms with Gasteiger partial charge in [0.25, 0.3) is 5.60 Å². The largest absolute Gasteiger partial charge is 0.430 e. The molecule has 2 aliphatic heterocycles. The summed E-state index contributed by atoms with van der Waals surface area (Å²) in [6.07, 6.45) is -13.1. The predicted molar refractivity (Wildman–Crippen MR) is 176 cm³/mol. The summed E-state index contributed by atoms with van der Waals surface area (Å²) in [5.74, 6) is -5.38. The van der Waals surface area contributed by atoms with E-state index in [1.807, 2.05) is 0 Å². The van der Waals surface area contributed by atoms with Crippen molar-refractivity contribution in [1.29, 1.82) is 0 Å². The van der Waals surface area contributed by atoms with E-state index < -0.39 is 103 Å². The summed E-state index contributed by atoms with van der Waals surface area (Å²) in [4.78, 5) is 40.6. The van der Waals surface area contributed by atoms with Crippen molar-refractivity contribution in [1.82, 2.24) is 15.1 Å². The zero-order valence-electron chi connectivity index (χ0n) is 29.2. The van der Waals surface area contributed by atoms with E-state index >= 15 is 0 Å². The standard InChI is InChI=1S/C36H34F9N3O6S/c1-22(49)46-32(14-17-47(18-15-32)23(2)50)31(51)48-19-16-33(21-48,55(52,53)27-12-10-26(37)11-13-27)24-6-8-25(9-7-24)34(35(40,41)42,36(43,44)45)54-20-28-29(38)4-3-5-30(28)39/h3-13H,14-21H2,1-2H3,(H,46,49). The molecule has 9 nitrogen and oxygen atoms in total. The van der Waals surface area contributed by atoms with Gasteiger partial charge in [0.15, 0.2) is 9.84 Å². The molecule has 2 aliphatic rings. The van der Waals surface area contributed by atoms with E-state index in [1.165, 1.54) is 11.8 Å². The number of nitrogens with zero attached hydrogens (tertiary/aromatic N) is 2. The summed E-state index contributed by atoms with van der Waals surface area (Å²) in [7, 11) is -4.75. The molecule has 1 N–H and O–H groups in total. The summed E-state index contributed by atoms with van der Waals surface area (Å²) in [5.41, 5.74) is -9.91. The molecule has 0 aliphatic carbocycles. The third-order valence-electron chi connectivity index (χ3n) is 10.2. The molecule has 2 fully saturated rings. The molecule has 55 heavy (non-hydrogen) atoms. The number of hydrogen-bond donors (Lipinski definition) is 1. The van der Waals surface area contributed by atoms with Crippen LogP contribution in [0.5, 0.6) is 0 Å². The molecule has 1 unspecified atom stereocenters. The van der Waals surface area contributed by atoms with Crippen molar-refractivity contribution in [2.45, 2.75) is 72.9 Å². The smallest absolute Gasteiger partial charge is 0.349 e. The molecule has 0 saturated carbocycles. The minimum atomic E-state index is -6.28. The number of ether oxygens (including phenoxy) is 1. The van der Waals surface area contributed by atoms with Gasteiger partial charge in [0.2, 0.25) is 17.7 Å². The summed E-state index contributed by atoms with van der Waals surface area (Å²) in [6.45, 7) is -0.237. The molecule has 0 aromatic heterocycles. The number of likely N-dealkylation sites (tertiary alicyclic amines) is 2. The van der Waals surface area contributed by atoms with Gasteiger partial charge in [-0.25, -0.2) is 21.6 Å². The molecule has 3 amide bonds. The zero-order chi connectivity index (χ0) is 40.8. The maximum Gasteiger partial charge on any atom is 0.430 e. The lowest BCUT2D eigenvalue weighted by atomic mass is 9.85. The van der Waals surface area contributed by atoms with Gasteiger partial charge in [-0.3, -0.25) is 14.4 Å². The second kappa shape index (κ2) is 14.8. The van der Waals surface area contributed by atoms with Crippen molar-refractivity contribution in [3.63, 3.8) is 0 Å². The lowest BCUT2D eigenvalue weighted by Gasteiger charge is -2.43. The number of benzene rings is 3. The Morgan fingerprint density at radius 2 is 1.29 bits per heavy atom. The van der Waals surface area contributed by atoms with Crippen LogP contribution in [0.2, 0.25) is 0 Å².